The zero-order chi connectivity index (χ0) is 15.2. The van der Waals surface area contributed by atoms with Gasteiger partial charge in [-0.15, -0.1) is 0 Å². The first kappa shape index (κ1) is 16.3. The van der Waals surface area contributed by atoms with E-state index in [9.17, 15) is 4.79 Å². The van der Waals surface area contributed by atoms with Crippen molar-refractivity contribution in [3.8, 4) is 11.5 Å². The smallest absolute Gasteiger partial charge is 0.347 e. The highest BCUT2D eigenvalue weighted by Gasteiger charge is 2.23. The van der Waals surface area contributed by atoms with E-state index in [2.05, 4.69) is 0 Å². The molecule has 0 N–H and O–H groups in total. The van der Waals surface area contributed by atoms with Crippen LogP contribution in [0.3, 0.4) is 0 Å². The molecular formula is C16H24O4. The molecule has 1 atom stereocenters. The van der Waals surface area contributed by atoms with E-state index in [0.29, 0.717) is 18.1 Å². The summed E-state index contributed by atoms with van der Waals surface area (Å²) in [5.41, 5.74) is -0.521. The maximum atomic E-state index is 11.9. The van der Waals surface area contributed by atoms with Crippen molar-refractivity contribution in [2.75, 3.05) is 6.61 Å². The molecule has 0 aliphatic rings. The van der Waals surface area contributed by atoms with Crippen molar-refractivity contribution in [1.82, 2.24) is 0 Å². The molecule has 112 valence electrons. The molecule has 0 fully saturated rings. The number of ether oxygens (including phenoxy) is 3. The van der Waals surface area contributed by atoms with Gasteiger partial charge >= 0.3 is 5.97 Å². The number of esters is 1. The van der Waals surface area contributed by atoms with Gasteiger partial charge in [0, 0.05) is 0 Å². The maximum Gasteiger partial charge on any atom is 0.347 e. The Balaban J connectivity index is 2.70. The monoisotopic (exact) mass is 280 g/mol. The van der Waals surface area contributed by atoms with E-state index in [1.165, 1.54) is 0 Å². The molecule has 0 heterocycles. The highest BCUT2D eigenvalue weighted by atomic mass is 16.6. The van der Waals surface area contributed by atoms with Gasteiger partial charge in [-0.25, -0.2) is 4.79 Å². The molecule has 1 aromatic carbocycles. The Hall–Kier alpha value is -1.71. The van der Waals surface area contributed by atoms with Crippen molar-refractivity contribution in [2.24, 2.45) is 0 Å². The summed E-state index contributed by atoms with van der Waals surface area (Å²) in [5, 5.41) is 0. The normalized spacial score (nSPS) is 12.7. The van der Waals surface area contributed by atoms with Gasteiger partial charge in [0.2, 0.25) is 0 Å². The standard InChI is InChI=1S/C16H24O4/c1-6-11-18-13-9-7-8-10-14(13)19-12(2)15(17)20-16(3,4)5/h7-10,12H,6,11H2,1-5H3. The van der Waals surface area contributed by atoms with Crippen LogP contribution in [0.15, 0.2) is 24.3 Å². The van der Waals surface area contributed by atoms with Gasteiger partial charge in [-0.3, -0.25) is 0 Å². The molecule has 1 rings (SSSR count). The lowest BCUT2D eigenvalue weighted by Gasteiger charge is -2.23. The predicted octanol–water partition coefficient (Wildman–Crippen LogP) is 3.58. The molecule has 4 nitrogen and oxygen atoms in total. The van der Waals surface area contributed by atoms with Crippen molar-refractivity contribution in [2.45, 2.75) is 52.7 Å². The van der Waals surface area contributed by atoms with Gasteiger partial charge in [0.25, 0.3) is 0 Å². The van der Waals surface area contributed by atoms with Crippen molar-refractivity contribution in [1.29, 1.82) is 0 Å². The fraction of sp³-hybridized carbons (Fsp3) is 0.562. The number of carbonyl (C=O) groups is 1. The summed E-state index contributed by atoms with van der Waals surface area (Å²) in [4.78, 5) is 11.9. The highest BCUT2D eigenvalue weighted by molar-refractivity contribution is 5.75. The third-order valence-electron chi connectivity index (χ3n) is 2.35. The Morgan fingerprint density at radius 1 is 1.20 bits per heavy atom. The quantitative estimate of drug-likeness (QED) is 0.747. The second kappa shape index (κ2) is 7.17. The van der Waals surface area contributed by atoms with Crippen molar-refractivity contribution in [3.63, 3.8) is 0 Å². The van der Waals surface area contributed by atoms with E-state index in [1.54, 1.807) is 13.0 Å². The fourth-order valence-corrected chi connectivity index (χ4v) is 1.50. The van der Waals surface area contributed by atoms with Crippen LogP contribution in [0.4, 0.5) is 0 Å². The minimum absolute atomic E-state index is 0.386. The second-order valence-electron chi connectivity index (χ2n) is 5.59. The van der Waals surface area contributed by atoms with Gasteiger partial charge in [-0.2, -0.15) is 0 Å². The molecular weight excluding hydrogens is 256 g/mol. The molecule has 0 bridgehead atoms. The number of hydrogen-bond donors (Lipinski definition) is 0. The summed E-state index contributed by atoms with van der Waals surface area (Å²) in [6.07, 6.45) is 0.233. The van der Waals surface area contributed by atoms with Crippen LogP contribution in [0.2, 0.25) is 0 Å². The number of benzene rings is 1. The first-order chi connectivity index (χ1) is 9.33. The summed E-state index contributed by atoms with van der Waals surface area (Å²) in [6, 6.07) is 7.32. The van der Waals surface area contributed by atoms with Crippen molar-refractivity contribution in [3.05, 3.63) is 24.3 Å². The lowest BCUT2D eigenvalue weighted by molar-refractivity contribution is -0.162. The second-order valence-corrected chi connectivity index (χ2v) is 5.59. The van der Waals surface area contributed by atoms with Crippen LogP contribution in [0, 0.1) is 0 Å². The molecule has 0 aliphatic carbocycles. The van der Waals surface area contributed by atoms with Crippen LogP contribution >= 0.6 is 0 Å². The highest BCUT2D eigenvalue weighted by Crippen LogP contribution is 2.28. The summed E-state index contributed by atoms with van der Waals surface area (Å²) in [6.45, 7) is 9.81. The van der Waals surface area contributed by atoms with Crippen LogP contribution in [0.25, 0.3) is 0 Å². The van der Waals surface area contributed by atoms with E-state index in [0.717, 1.165) is 6.42 Å². The SMILES string of the molecule is CCCOc1ccccc1OC(C)C(=O)OC(C)(C)C. The van der Waals surface area contributed by atoms with Gasteiger partial charge < -0.3 is 14.2 Å². The molecule has 0 aromatic heterocycles. The Morgan fingerprint density at radius 2 is 1.80 bits per heavy atom. The van der Waals surface area contributed by atoms with Crippen LogP contribution in [-0.2, 0) is 9.53 Å². The Labute approximate surface area is 121 Å². The van der Waals surface area contributed by atoms with Crippen molar-refractivity contribution >= 4 is 5.97 Å². The minimum Gasteiger partial charge on any atom is -0.490 e. The number of carbonyl (C=O) groups excluding carboxylic acids is 1. The molecule has 1 unspecified atom stereocenters. The van der Waals surface area contributed by atoms with Gasteiger partial charge in [-0.05, 0) is 46.2 Å². The van der Waals surface area contributed by atoms with Crippen LogP contribution < -0.4 is 9.47 Å². The van der Waals surface area contributed by atoms with E-state index in [4.69, 9.17) is 14.2 Å². The van der Waals surface area contributed by atoms with E-state index in [-0.39, 0.29) is 5.97 Å². The number of rotatable bonds is 6. The van der Waals surface area contributed by atoms with Gasteiger partial charge in [0.05, 0.1) is 6.61 Å². The lowest BCUT2D eigenvalue weighted by Crippen LogP contribution is -2.33. The molecule has 0 spiro atoms. The van der Waals surface area contributed by atoms with Gasteiger partial charge in [0.15, 0.2) is 17.6 Å². The van der Waals surface area contributed by atoms with Gasteiger partial charge in [-0.1, -0.05) is 19.1 Å². The van der Waals surface area contributed by atoms with E-state index < -0.39 is 11.7 Å². The molecule has 0 saturated heterocycles. The Morgan fingerprint density at radius 3 is 2.35 bits per heavy atom. The van der Waals surface area contributed by atoms with Crippen LogP contribution in [-0.4, -0.2) is 24.3 Å². The molecule has 1 aromatic rings. The lowest BCUT2D eigenvalue weighted by atomic mass is 10.2. The first-order valence-corrected chi connectivity index (χ1v) is 6.95. The fourth-order valence-electron chi connectivity index (χ4n) is 1.50. The maximum absolute atomic E-state index is 11.9. The van der Waals surface area contributed by atoms with Crippen LogP contribution in [0.5, 0.6) is 11.5 Å². The zero-order valence-corrected chi connectivity index (χ0v) is 12.9. The van der Waals surface area contributed by atoms with E-state index in [1.807, 2.05) is 45.9 Å². The van der Waals surface area contributed by atoms with Crippen molar-refractivity contribution < 1.29 is 19.0 Å². The largest absolute Gasteiger partial charge is 0.490 e. The van der Waals surface area contributed by atoms with Gasteiger partial charge in [0.1, 0.15) is 5.60 Å². The summed E-state index contributed by atoms with van der Waals surface area (Å²) in [7, 11) is 0. The van der Waals surface area contributed by atoms with Crippen LogP contribution in [0.1, 0.15) is 41.0 Å². The summed E-state index contributed by atoms with van der Waals surface area (Å²) < 4.78 is 16.5. The summed E-state index contributed by atoms with van der Waals surface area (Å²) >= 11 is 0. The Bertz CT molecular complexity index is 434. The molecule has 20 heavy (non-hydrogen) atoms. The zero-order valence-electron chi connectivity index (χ0n) is 12.9. The number of hydrogen-bond acceptors (Lipinski definition) is 4. The predicted molar refractivity (Wildman–Crippen MR) is 78.2 cm³/mol. The average Bonchev–Trinajstić information content (AvgIpc) is 2.35. The number of para-hydroxylation sites is 2. The molecule has 0 saturated carbocycles. The summed E-state index contributed by atoms with van der Waals surface area (Å²) in [5.74, 6) is 0.812. The van der Waals surface area contributed by atoms with E-state index >= 15 is 0 Å². The topological polar surface area (TPSA) is 44.8 Å². The molecule has 0 amide bonds. The average molecular weight is 280 g/mol. The Kier molecular flexibility index (Phi) is 5.86. The molecule has 0 radical (unpaired) electrons. The third-order valence-corrected chi connectivity index (χ3v) is 2.35. The first-order valence-electron chi connectivity index (χ1n) is 6.95. The molecule has 4 heteroatoms. The third kappa shape index (κ3) is 5.51. The minimum atomic E-state index is -0.680. The molecule has 0 aliphatic heterocycles.